The molecule has 3 nitrogen and oxygen atoms in total. The third kappa shape index (κ3) is 3.90. The number of benzene rings is 1. The number of halogens is 1. The molecule has 4 rings (SSSR count). The van der Waals surface area contributed by atoms with Crippen LogP contribution in [0.2, 0.25) is 0 Å². The van der Waals surface area contributed by atoms with E-state index >= 15 is 0 Å². The molecule has 2 aliphatic rings. The Morgan fingerprint density at radius 1 is 1.18 bits per heavy atom. The number of rotatable bonds is 5. The number of hydrogen-bond donors (Lipinski definition) is 0. The van der Waals surface area contributed by atoms with Crippen molar-refractivity contribution in [3.05, 3.63) is 107 Å². The molecule has 0 amide bonds. The summed E-state index contributed by atoms with van der Waals surface area (Å²) in [5.41, 5.74) is 5.35. The summed E-state index contributed by atoms with van der Waals surface area (Å²) >= 11 is 6.34. The Hall–Kier alpha value is -2.78. The van der Waals surface area contributed by atoms with Gasteiger partial charge in [0.25, 0.3) is 0 Å². The van der Waals surface area contributed by atoms with Gasteiger partial charge in [0.1, 0.15) is 11.9 Å². The lowest BCUT2D eigenvalue weighted by atomic mass is 10.0. The van der Waals surface area contributed by atoms with Crippen molar-refractivity contribution >= 4 is 11.6 Å². The third-order valence-corrected chi connectivity index (χ3v) is 5.49. The van der Waals surface area contributed by atoms with Crippen LogP contribution in [0.15, 0.2) is 96.1 Å². The minimum absolute atomic E-state index is 0.0732. The molecule has 0 saturated heterocycles. The fraction of sp³-hybridized carbons (Fsp3) is 0.208. The lowest BCUT2D eigenvalue weighted by molar-refractivity contribution is 0.213. The Morgan fingerprint density at radius 3 is 2.79 bits per heavy atom. The second-order valence-electron chi connectivity index (χ2n) is 7.10. The molecule has 0 N–H and O–H groups in total. The van der Waals surface area contributed by atoms with E-state index in [2.05, 4.69) is 29.1 Å². The summed E-state index contributed by atoms with van der Waals surface area (Å²) in [4.78, 5) is 6.29. The van der Waals surface area contributed by atoms with E-state index in [1.165, 1.54) is 5.56 Å². The molecule has 1 aromatic heterocycles. The van der Waals surface area contributed by atoms with Gasteiger partial charge in [-0.15, -0.1) is 0 Å². The zero-order valence-electron chi connectivity index (χ0n) is 15.8. The maximum absolute atomic E-state index is 6.34. The van der Waals surface area contributed by atoms with Crippen LogP contribution in [0.25, 0.3) is 0 Å². The first-order chi connectivity index (χ1) is 13.6. The first-order valence-corrected chi connectivity index (χ1v) is 9.85. The van der Waals surface area contributed by atoms with Crippen LogP contribution in [-0.4, -0.2) is 16.0 Å². The SMILES string of the molecule is C=C(CCc1ccncc1)C(=C)N1Cc2ccccc2OC2CC=C(Cl)C=C21. The molecule has 1 unspecified atom stereocenters. The standard InChI is InChI=1S/C24H23ClN2O/c1-17(7-8-19-11-13-26-14-12-19)18(2)27-16-20-5-3-4-6-23(20)28-24-10-9-21(25)15-22(24)27/h3-6,9,11-15,24H,1-2,7-8,10,16H2. The second-order valence-corrected chi connectivity index (χ2v) is 7.54. The summed E-state index contributed by atoms with van der Waals surface area (Å²) in [6, 6.07) is 12.2. The number of nitrogens with zero attached hydrogens (tertiary/aromatic N) is 2. The van der Waals surface area contributed by atoms with Gasteiger partial charge in [-0.2, -0.15) is 0 Å². The van der Waals surface area contributed by atoms with Crippen LogP contribution in [0.4, 0.5) is 0 Å². The topological polar surface area (TPSA) is 25.4 Å². The monoisotopic (exact) mass is 390 g/mol. The van der Waals surface area contributed by atoms with Crippen molar-refractivity contribution < 1.29 is 4.74 Å². The average molecular weight is 391 g/mol. The molecule has 1 atom stereocenters. The lowest BCUT2D eigenvalue weighted by Gasteiger charge is -2.33. The molecule has 142 valence electrons. The van der Waals surface area contributed by atoms with E-state index in [0.29, 0.717) is 6.54 Å². The number of hydrogen-bond acceptors (Lipinski definition) is 3. The van der Waals surface area contributed by atoms with E-state index in [0.717, 1.165) is 52.6 Å². The first-order valence-electron chi connectivity index (χ1n) is 9.47. The van der Waals surface area contributed by atoms with Crippen LogP contribution in [-0.2, 0) is 13.0 Å². The third-order valence-electron chi connectivity index (χ3n) is 5.22. The summed E-state index contributed by atoms with van der Waals surface area (Å²) in [6.45, 7) is 9.38. The first kappa shape index (κ1) is 18.6. The molecule has 2 heterocycles. The van der Waals surface area contributed by atoms with Gasteiger partial charge in [-0.1, -0.05) is 49.0 Å². The van der Waals surface area contributed by atoms with Crippen molar-refractivity contribution in [3.8, 4) is 5.75 Å². The maximum atomic E-state index is 6.34. The second kappa shape index (κ2) is 8.07. The number of aryl methyl sites for hydroxylation is 1. The van der Waals surface area contributed by atoms with E-state index in [4.69, 9.17) is 16.3 Å². The molecule has 0 fully saturated rings. The summed E-state index contributed by atoms with van der Waals surface area (Å²) < 4.78 is 6.31. The summed E-state index contributed by atoms with van der Waals surface area (Å²) in [5, 5.41) is 0.737. The van der Waals surface area contributed by atoms with Gasteiger partial charge < -0.3 is 9.64 Å². The van der Waals surface area contributed by atoms with Gasteiger partial charge in [0.2, 0.25) is 0 Å². The van der Waals surface area contributed by atoms with Crippen LogP contribution in [0.5, 0.6) is 5.75 Å². The Kier molecular flexibility index (Phi) is 5.36. The van der Waals surface area contributed by atoms with E-state index in [1.54, 1.807) is 0 Å². The van der Waals surface area contributed by atoms with Crippen molar-refractivity contribution in [1.29, 1.82) is 0 Å². The Bertz CT molecular complexity index is 962. The van der Waals surface area contributed by atoms with E-state index in [1.807, 2.05) is 54.9 Å². The van der Waals surface area contributed by atoms with Gasteiger partial charge in [0.05, 0.1) is 12.2 Å². The summed E-state index contributed by atoms with van der Waals surface area (Å²) in [6.07, 6.45) is 10.0. The molecule has 0 radical (unpaired) electrons. The fourth-order valence-electron chi connectivity index (χ4n) is 3.59. The smallest absolute Gasteiger partial charge is 0.142 e. The van der Waals surface area contributed by atoms with Crippen LogP contribution in [0.3, 0.4) is 0 Å². The zero-order valence-corrected chi connectivity index (χ0v) is 16.5. The predicted octanol–water partition coefficient (Wildman–Crippen LogP) is 5.76. The molecular formula is C24H23ClN2O. The molecule has 0 bridgehead atoms. The minimum atomic E-state index is -0.0732. The Balaban J connectivity index is 1.58. The van der Waals surface area contributed by atoms with Crippen molar-refractivity contribution in [2.75, 3.05) is 0 Å². The van der Waals surface area contributed by atoms with Crippen molar-refractivity contribution in [3.63, 3.8) is 0 Å². The van der Waals surface area contributed by atoms with Crippen LogP contribution < -0.4 is 4.74 Å². The quantitative estimate of drug-likeness (QED) is 0.607. The van der Waals surface area contributed by atoms with Crippen molar-refractivity contribution in [1.82, 2.24) is 9.88 Å². The van der Waals surface area contributed by atoms with Gasteiger partial charge in [-0.05, 0) is 48.3 Å². The molecule has 1 aromatic carbocycles. The van der Waals surface area contributed by atoms with Crippen LogP contribution in [0, 0.1) is 0 Å². The van der Waals surface area contributed by atoms with Gasteiger partial charge in [0, 0.05) is 35.1 Å². The average Bonchev–Trinajstić information content (AvgIpc) is 2.88. The molecule has 4 heteroatoms. The van der Waals surface area contributed by atoms with E-state index in [-0.39, 0.29) is 6.10 Å². The number of aromatic nitrogens is 1. The molecule has 0 saturated carbocycles. The number of fused-ring (bicyclic) bond motifs is 2. The van der Waals surface area contributed by atoms with Gasteiger partial charge in [-0.3, -0.25) is 4.98 Å². The summed E-state index contributed by atoms with van der Waals surface area (Å²) in [7, 11) is 0. The highest BCUT2D eigenvalue weighted by Gasteiger charge is 2.30. The highest BCUT2D eigenvalue weighted by atomic mass is 35.5. The molecule has 1 aliphatic heterocycles. The van der Waals surface area contributed by atoms with Crippen molar-refractivity contribution in [2.45, 2.75) is 31.9 Å². The molecule has 0 spiro atoms. The number of ether oxygens (including phenoxy) is 1. The zero-order chi connectivity index (χ0) is 19.5. The van der Waals surface area contributed by atoms with Crippen molar-refractivity contribution in [2.24, 2.45) is 0 Å². The molecular weight excluding hydrogens is 368 g/mol. The molecule has 28 heavy (non-hydrogen) atoms. The molecule has 1 aliphatic carbocycles. The predicted molar refractivity (Wildman–Crippen MR) is 114 cm³/mol. The normalized spacial score (nSPS) is 18.0. The summed E-state index contributed by atoms with van der Waals surface area (Å²) in [5.74, 6) is 0.919. The Labute approximate surface area is 171 Å². The maximum Gasteiger partial charge on any atom is 0.142 e. The highest BCUT2D eigenvalue weighted by Crippen LogP contribution is 2.37. The van der Waals surface area contributed by atoms with Gasteiger partial charge in [-0.25, -0.2) is 0 Å². The van der Waals surface area contributed by atoms with E-state index < -0.39 is 0 Å². The fourth-order valence-corrected chi connectivity index (χ4v) is 3.79. The van der Waals surface area contributed by atoms with Gasteiger partial charge in [0.15, 0.2) is 0 Å². The Morgan fingerprint density at radius 2 is 1.96 bits per heavy atom. The van der Waals surface area contributed by atoms with E-state index in [9.17, 15) is 0 Å². The lowest BCUT2D eigenvalue weighted by Crippen LogP contribution is -2.31. The number of para-hydroxylation sites is 1. The van der Waals surface area contributed by atoms with Gasteiger partial charge >= 0.3 is 0 Å². The minimum Gasteiger partial charge on any atom is -0.484 e. The molecule has 2 aromatic rings. The highest BCUT2D eigenvalue weighted by molar-refractivity contribution is 6.31. The van der Waals surface area contributed by atoms with Crippen LogP contribution >= 0.6 is 11.6 Å². The number of allylic oxidation sites excluding steroid dienone is 3. The largest absolute Gasteiger partial charge is 0.484 e. The number of pyridine rings is 1. The van der Waals surface area contributed by atoms with Crippen LogP contribution in [0.1, 0.15) is 24.0 Å².